The minimum absolute atomic E-state index is 0.120. The van der Waals surface area contributed by atoms with Crippen LogP contribution in [0.15, 0.2) is 0 Å². The zero-order valence-corrected chi connectivity index (χ0v) is 10.6. The Balaban J connectivity index is 2.58. The van der Waals surface area contributed by atoms with Gasteiger partial charge in [0, 0.05) is 38.9 Å². The second kappa shape index (κ2) is 5.28. The average Bonchev–Trinajstić information content (AvgIpc) is 2.56. The summed E-state index contributed by atoms with van der Waals surface area (Å²) in [5, 5.41) is 0. The number of nitrogens with zero attached hydrogens (tertiary/aromatic N) is 1. The summed E-state index contributed by atoms with van der Waals surface area (Å²) in [7, 11) is 1.76. The fourth-order valence-electron chi connectivity index (χ4n) is 2.28. The molecular formula is C12H26N2O. The summed E-state index contributed by atoms with van der Waals surface area (Å²) >= 11 is 0. The van der Waals surface area contributed by atoms with E-state index in [0.29, 0.717) is 0 Å². The van der Waals surface area contributed by atoms with Crippen molar-refractivity contribution >= 4 is 0 Å². The molecule has 0 bridgehead atoms. The van der Waals surface area contributed by atoms with Gasteiger partial charge in [-0.1, -0.05) is 13.8 Å². The third kappa shape index (κ3) is 2.92. The maximum absolute atomic E-state index is 5.92. The SMILES string of the molecule is COCCC(C)(CN)N1CC(C)C(C)C1. The first-order valence-corrected chi connectivity index (χ1v) is 5.97. The normalized spacial score (nSPS) is 31.8. The van der Waals surface area contributed by atoms with Gasteiger partial charge in [-0.05, 0) is 25.2 Å². The van der Waals surface area contributed by atoms with E-state index in [-0.39, 0.29) is 5.54 Å². The van der Waals surface area contributed by atoms with E-state index >= 15 is 0 Å². The highest BCUT2D eigenvalue weighted by molar-refractivity contribution is 4.93. The van der Waals surface area contributed by atoms with Gasteiger partial charge in [0.1, 0.15) is 0 Å². The van der Waals surface area contributed by atoms with Gasteiger partial charge < -0.3 is 10.5 Å². The number of hydrogen-bond donors (Lipinski definition) is 1. The minimum atomic E-state index is 0.120. The van der Waals surface area contributed by atoms with Crippen molar-refractivity contribution in [2.45, 2.75) is 32.7 Å². The summed E-state index contributed by atoms with van der Waals surface area (Å²) in [6, 6.07) is 0. The minimum Gasteiger partial charge on any atom is -0.385 e. The van der Waals surface area contributed by atoms with Crippen LogP contribution in [-0.4, -0.2) is 43.8 Å². The van der Waals surface area contributed by atoms with Gasteiger partial charge in [-0.2, -0.15) is 0 Å². The molecule has 0 aromatic heterocycles. The van der Waals surface area contributed by atoms with Crippen LogP contribution < -0.4 is 5.73 Å². The zero-order valence-electron chi connectivity index (χ0n) is 10.6. The Hall–Kier alpha value is -0.120. The Bertz CT molecular complexity index is 188. The molecule has 3 unspecified atom stereocenters. The van der Waals surface area contributed by atoms with Crippen LogP contribution >= 0.6 is 0 Å². The van der Waals surface area contributed by atoms with Gasteiger partial charge in [0.05, 0.1) is 0 Å². The molecule has 0 saturated carbocycles. The lowest BCUT2D eigenvalue weighted by Gasteiger charge is -2.38. The molecule has 0 aromatic rings. The van der Waals surface area contributed by atoms with Crippen LogP contribution in [0, 0.1) is 11.8 Å². The van der Waals surface area contributed by atoms with Crippen LogP contribution in [-0.2, 0) is 4.74 Å². The maximum Gasteiger partial charge on any atom is 0.0480 e. The smallest absolute Gasteiger partial charge is 0.0480 e. The van der Waals surface area contributed by atoms with Crippen molar-refractivity contribution in [1.29, 1.82) is 0 Å². The largest absolute Gasteiger partial charge is 0.385 e. The number of methoxy groups -OCH3 is 1. The van der Waals surface area contributed by atoms with Gasteiger partial charge in [0.2, 0.25) is 0 Å². The maximum atomic E-state index is 5.92. The van der Waals surface area contributed by atoms with Crippen molar-refractivity contribution in [2.75, 3.05) is 33.4 Å². The summed E-state index contributed by atoms with van der Waals surface area (Å²) < 4.78 is 5.17. The molecule has 15 heavy (non-hydrogen) atoms. The Morgan fingerprint density at radius 2 is 1.87 bits per heavy atom. The van der Waals surface area contributed by atoms with E-state index in [0.717, 1.165) is 31.4 Å². The van der Waals surface area contributed by atoms with E-state index in [1.807, 2.05) is 0 Å². The molecule has 3 atom stereocenters. The van der Waals surface area contributed by atoms with Crippen LogP contribution in [0.5, 0.6) is 0 Å². The number of rotatable bonds is 5. The second-order valence-corrected chi connectivity index (χ2v) is 5.30. The average molecular weight is 214 g/mol. The number of nitrogens with two attached hydrogens (primary N) is 1. The van der Waals surface area contributed by atoms with Crippen LogP contribution in [0.2, 0.25) is 0 Å². The third-order valence-corrected chi connectivity index (χ3v) is 4.04. The molecule has 2 N–H and O–H groups in total. The van der Waals surface area contributed by atoms with Crippen molar-refractivity contribution in [3.63, 3.8) is 0 Å². The molecule has 0 radical (unpaired) electrons. The summed E-state index contributed by atoms with van der Waals surface area (Å²) in [5.41, 5.74) is 6.04. The van der Waals surface area contributed by atoms with E-state index < -0.39 is 0 Å². The number of hydrogen-bond acceptors (Lipinski definition) is 3. The fourth-order valence-corrected chi connectivity index (χ4v) is 2.28. The van der Waals surface area contributed by atoms with Gasteiger partial charge in [0.15, 0.2) is 0 Å². The molecule has 1 rings (SSSR count). The summed E-state index contributed by atoms with van der Waals surface area (Å²) in [6.45, 7) is 10.8. The lowest BCUT2D eigenvalue weighted by Crippen LogP contribution is -2.51. The van der Waals surface area contributed by atoms with E-state index in [4.69, 9.17) is 10.5 Å². The first-order chi connectivity index (χ1) is 7.03. The molecule has 90 valence electrons. The molecule has 0 aliphatic carbocycles. The van der Waals surface area contributed by atoms with Crippen molar-refractivity contribution in [3.05, 3.63) is 0 Å². The number of likely N-dealkylation sites (tertiary alicyclic amines) is 1. The third-order valence-electron chi connectivity index (χ3n) is 4.04. The van der Waals surface area contributed by atoms with Crippen molar-refractivity contribution in [2.24, 2.45) is 17.6 Å². The Morgan fingerprint density at radius 3 is 2.27 bits per heavy atom. The summed E-state index contributed by atoms with van der Waals surface area (Å²) in [4.78, 5) is 2.54. The van der Waals surface area contributed by atoms with Gasteiger partial charge in [-0.25, -0.2) is 0 Å². The van der Waals surface area contributed by atoms with Crippen LogP contribution in [0.4, 0.5) is 0 Å². The predicted octanol–water partition coefficient (Wildman–Crippen LogP) is 1.33. The van der Waals surface area contributed by atoms with E-state index in [2.05, 4.69) is 25.7 Å². The summed E-state index contributed by atoms with van der Waals surface area (Å²) in [5.74, 6) is 1.58. The lowest BCUT2D eigenvalue weighted by molar-refractivity contribution is 0.0837. The Kier molecular flexibility index (Phi) is 4.56. The van der Waals surface area contributed by atoms with Gasteiger partial charge in [0.25, 0.3) is 0 Å². The highest BCUT2D eigenvalue weighted by atomic mass is 16.5. The first kappa shape index (κ1) is 12.9. The molecule has 1 fully saturated rings. The van der Waals surface area contributed by atoms with E-state index in [1.165, 1.54) is 13.1 Å². The highest BCUT2D eigenvalue weighted by Crippen LogP contribution is 2.30. The molecule has 0 aromatic carbocycles. The molecule has 3 heteroatoms. The molecule has 1 saturated heterocycles. The van der Waals surface area contributed by atoms with Crippen LogP contribution in [0.1, 0.15) is 27.2 Å². The Labute approximate surface area is 94.0 Å². The first-order valence-electron chi connectivity index (χ1n) is 5.97. The quantitative estimate of drug-likeness (QED) is 0.750. The molecule has 1 heterocycles. The van der Waals surface area contributed by atoms with Gasteiger partial charge in [-0.15, -0.1) is 0 Å². The predicted molar refractivity (Wildman–Crippen MR) is 63.9 cm³/mol. The molecule has 0 amide bonds. The Morgan fingerprint density at radius 1 is 1.33 bits per heavy atom. The van der Waals surface area contributed by atoms with Crippen LogP contribution in [0.25, 0.3) is 0 Å². The van der Waals surface area contributed by atoms with E-state index in [1.54, 1.807) is 7.11 Å². The van der Waals surface area contributed by atoms with Gasteiger partial charge >= 0.3 is 0 Å². The molecule has 1 aliphatic rings. The number of ether oxygens (including phenoxy) is 1. The zero-order chi connectivity index (χ0) is 11.5. The van der Waals surface area contributed by atoms with Crippen molar-refractivity contribution in [3.8, 4) is 0 Å². The van der Waals surface area contributed by atoms with Crippen molar-refractivity contribution < 1.29 is 4.74 Å². The standard InChI is InChI=1S/C12H26N2O/c1-10-7-14(8-11(10)2)12(3,9-13)5-6-15-4/h10-11H,5-9,13H2,1-4H3. The molecular weight excluding hydrogens is 188 g/mol. The van der Waals surface area contributed by atoms with Gasteiger partial charge in [-0.3, -0.25) is 4.90 Å². The molecule has 1 aliphatic heterocycles. The highest BCUT2D eigenvalue weighted by Gasteiger charge is 2.37. The molecule has 3 nitrogen and oxygen atoms in total. The summed E-state index contributed by atoms with van der Waals surface area (Å²) in [6.07, 6.45) is 1.03. The topological polar surface area (TPSA) is 38.5 Å². The van der Waals surface area contributed by atoms with Crippen LogP contribution in [0.3, 0.4) is 0 Å². The molecule has 0 spiro atoms. The fraction of sp³-hybridized carbons (Fsp3) is 1.00. The monoisotopic (exact) mass is 214 g/mol. The van der Waals surface area contributed by atoms with Crippen molar-refractivity contribution in [1.82, 2.24) is 4.90 Å². The second-order valence-electron chi connectivity index (χ2n) is 5.30. The lowest BCUT2D eigenvalue weighted by atomic mass is 9.96. The van der Waals surface area contributed by atoms with E-state index in [9.17, 15) is 0 Å².